The van der Waals surface area contributed by atoms with Crippen LogP contribution in [0.3, 0.4) is 0 Å². The van der Waals surface area contributed by atoms with Crippen LogP contribution in [-0.2, 0) is 0 Å². The van der Waals surface area contributed by atoms with Crippen molar-refractivity contribution in [2.45, 2.75) is 19.8 Å². The van der Waals surface area contributed by atoms with Gasteiger partial charge in [0.2, 0.25) is 0 Å². The third kappa shape index (κ3) is 1.54. The fourth-order valence-corrected chi connectivity index (χ4v) is 3.48. The molecule has 1 aromatic heterocycles. The van der Waals surface area contributed by atoms with Crippen molar-refractivity contribution in [2.75, 3.05) is 7.11 Å². The summed E-state index contributed by atoms with van der Waals surface area (Å²) < 4.78 is 5.57. The van der Waals surface area contributed by atoms with Crippen molar-refractivity contribution in [3.63, 3.8) is 0 Å². The van der Waals surface area contributed by atoms with Crippen LogP contribution in [-0.4, -0.2) is 17.8 Å². The first-order valence-electron chi connectivity index (χ1n) is 7.10. The molecule has 1 aliphatic heterocycles. The van der Waals surface area contributed by atoms with Gasteiger partial charge in [0, 0.05) is 23.2 Å². The standard InChI is InChI=1S/C18H16N2O/c1-10-13-9-19-8-7-12(13)11(2)18-16(10)17-14(20-18)5-4-6-15(17)21-3/h4-9,16H,1-3H3/t16-/m0/s1. The summed E-state index contributed by atoms with van der Waals surface area (Å²) in [7, 11) is 1.72. The Labute approximate surface area is 123 Å². The second-order valence-electron chi connectivity index (χ2n) is 5.55. The molecule has 104 valence electrons. The maximum absolute atomic E-state index is 5.57. The Morgan fingerprint density at radius 1 is 1.10 bits per heavy atom. The molecule has 0 amide bonds. The Bertz CT molecular complexity index is 909. The molecule has 2 aliphatic rings. The summed E-state index contributed by atoms with van der Waals surface area (Å²) in [6.07, 6.45) is 3.80. The van der Waals surface area contributed by atoms with E-state index in [4.69, 9.17) is 9.73 Å². The normalized spacial score (nSPS) is 18.8. The van der Waals surface area contributed by atoms with Gasteiger partial charge in [-0.1, -0.05) is 11.6 Å². The topological polar surface area (TPSA) is 34.5 Å². The Morgan fingerprint density at radius 3 is 2.76 bits per heavy atom. The molecule has 2 heterocycles. The Kier molecular flexibility index (Phi) is 2.52. The number of hydrogen-bond donors (Lipinski definition) is 0. The van der Waals surface area contributed by atoms with Gasteiger partial charge in [-0.25, -0.2) is 0 Å². The van der Waals surface area contributed by atoms with E-state index in [0.717, 1.165) is 17.1 Å². The smallest absolute Gasteiger partial charge is 0.125 e. The van der Waals surface area contributed by atoms with Crippen molar-refractivity contribution in [3.05, 3.63) is 52.7 Å². The van der Waals surface area contributed by atoms with Crippen molar-refractivity contribution in [3.8, 4) is 5.75 Å². The molecule has 0 saturated carbocycles. The van der Waals surface area contributed by atoms with Gasteiger partial charge in [0.1, 0.15) is 5.75 Å². The molecule has 0 saturated heterocycles. The summed E-state index contributed by atoms with van der Waals surface area (Å²) in [5, 5.41) is 2.46. The third-order valence-corrected chi connectivity index (χ3v) is 4.53. The Balaban J connectivity index is 2.11. The molecule has 3 nitrogen and oxygen atoms in total. The van der Waals surface area contributed by atoms with E-state index in [-0.39, 0.29) is 5.92 Å². The van der Waals surface area contributed by atoms with Crippen molar-refractivity contribution in [2.24, 2.45) is 4.99 Å². The summed E-state index contributed by atoms with van der Waals surface area (Å²) in [6.45, 7) is 4.32. The quantitative estimate of drug-likeness (QED) is 0.801. The zero-order chi connectivity index (χ0) is 14.6. The van der Waals surface area contributed by atoms with Gasteiger partial charge in [0.15, 0.2) is 0 Å². The minimum Gasteiger partial charge on any atom is -0.496 e. The second kappa shape index (κ2) is 4.29. The van der Waals surface area contributed by atoms with Crippen molar-refractivity contribution in [1.29, 1.82) is 0 Å². The van der Waals surface area contributed by atoms with E-state index in [1.165, 1.54) is 27.1 Å². The van der Waals surface area contributed by atoms with E-state index >= 15 is 0 Å². The first-order chi connectivity index (χ1) is 10.2. The van der Waals surface area contributed by atoms with Gasteiger partial charge < -0.3 is 4.74 Å². The molecule has 1 aromatic carbocycles. The van der Waals surface area contributed by atoms with Gasteiger partial charge in [0.05, 0.1) is 24.4 Å². The van der Waals surface area contributed by atoms with Gasteiger partial charge in [-0.05, 0) is 42.8 Å². The molecule has 0 unspecified atom stereocenters. The number of fused-ring (bicyclic) bond motifs is 4. The highest BCUT2D eigenvalue weighted by Crippen LogP contribution is 2.47. The van der Waals surface area contributed by atoms with Crippen LogP contribution in [0.15, 0.2) is 41.7 Å². The molecule has 0 spiro atoms. The number of nitrogens with zero attached hydrogens (tertiary/aromatic N) is 2. The highest BCUT2D eigenvalue weighted by atomic mass is 16.5. The molecule has 2 aromatic rings. The number of pyridine rings is 1. The van der Waals surface area contributed by atoms with E-state index in [0.29, 0.717) is 0 Å². The summed E-state index contributed by atoms with van der Waals surface area (Å²) >= 11 is 0. The molecule has 0 N–H and O–H groups in total. The molecular formula is C18H16N2O. The molecule has 1 aliphatic carbocycles. The van der Waals surface area contributed by atoms with Crippen LogP contribution >= 0.6 is 0 Å². The number of hydrogen-bond acceptors (Lipinski definition) is 3. The minimum atomic E-state index is 0.188. The zero-order valence-electron chi connectivity index (χ0n) is 12.3. The molecule has 21 heavy (non-hydrogen) atoms. The van der Waals surface area contributed by atoms with Crippen molar-refractivity contribution < 1.29 is 4.74 Å². The van der Waals surface area contributed by atoms with Crippen LogP contribution in [0.1, 0.15) is 25.3 Å². The lowest BCUT2D eigenvalue weighted by Crippen LogP contribution is -2.37. The number of aromatic nitrogens is 1. The minimum absolute atomic E-state index is 0.188. The lowest BCUT2D eigenvalue weighted by Gasteiger charge is -2.22. The highest BCUT2D eigenvalue weighted by molar-refractivity contribution is 6.28. The first kappa shape index (κ1) is 12.3. The van der Waals surface area contributed by atoms with E-state index in [1.54, 1.807) is 7.11 Å². The molecule has 3 heteroatoms. The molecular weight excluding hydrogens is 260 g/mol. The second-order valence-corrected chi connectivity index (χ2v) is 5.55. The van der Waals surface area contributed by atoms with E-state index in [2.05, 4.69) is 31.0 Å². The van der Waals surface area contributed by atoms with E-state index in [1.807, 2.05) is 24.5 Å². The third-order valence-electron chi connectivity index (χ3n) is 4.53. The van der Waals surface area contributed by atoms with Crippen LogP contribution in [0, 0.1) is 0 Å². The highest BCUT2D eigenvalue weighted by Gasteiger charge is 2.34. The summed E-state index contributed by atoms with van der Waals surface area (Å²) in [6, 6.07) is 8.15. The van der Waals surface area contributed by atoms with Crippen molar-refractivity contribution >= 4 is 22.5 Å². The van der Waals surface area contributed by atoms with Crippen LogP contribution in [0.5, 0.6) is 5.75 Å². The van der Waals surface area contributed by atoms with E-state index in [9.17, 15) is 0 Å². The lowest BCUT2D eigenvalue weighted by molar-refractivity contribution is 0.411. The summed E-state index contributed by atoms with van der Waals surface area (Å²) in [4.78, 5) is 9.16. The van der Waals surface area contributed by atoms with Crippen LogP contribution in [0.4, 0.5) is 5.69 Å². The fraction of sp³-hybridized carbons (Fsp3) is 0.222. The number of ether oxygens (including phenoxy) is 1. The SMILES string of the molecule is COc1cccc2c1[C@H]1C(=N2)C(C)=c2ccncc2=C1C. The number of rotatable bonds is 1. The first-order valence-corrected chi connectivity index (χ1v) is 7.10. The van der Waals surface area contributed by atoms with Gasteiger partial charge in [-0.3, -0.25) is 9.98 Å². The predicted molar refractivity (Wildman–Crippen MR) is 84.5 cm³/mol. The monoisotopic (exact) mass is 276 g/mol. The predicted octanol–water partition coefficient (Wildman–Crippen LogP) is 2.31. The number of aliphatic imine (C=N–C) groups is 1. The van der Waals surface area contributed by atoms with Gasteiger partial charge in [0.25, 0.3) is 0 Å². The molecule has 0 bridgehead atoms. The van der Waals surface area contributed by atoms with Crippen LogP contribution in [0.2, 0.25) is 0 Å². The lowest BCUT2D eigenvalue weighted by atomic mass is 9.81. The zero-order valence-corrected chi connectivity index (χ0v) is 12.3. The molecule has 0 fully saturated rings. The number of benzene rings is 1. The van der Waals surface area contributed by atoms with Gasteiger partial charge in [-0.15, -0.1) is 0 Å². The van der Waals surface area contributed by atoms with Crippen molar-refractivity contribution in [1.82, 2.24) is 4.98 Å². The fourth-order valence-electron chi connectivity index (χ4n) is 3.48. The molecule has 0 radical (unpaired) electrons. The average Bonchev–Trinajstić information content (AvgIpc) is 2.92. The van der Waals surface area contributed by atoms with Gasteiger partial charge >= 0.3 is 0 Å². The molecule has 4 rings (SSSR count). The number of methoxy groups -OCH3 is 1. The Hall–Kier alpha value is -2.42. The summed E-state index contributed by atoms with van der Waals surface area (Å²) in [5.74, 6) is 1.10. The average molecular weight is 276 g/mol. The molecule has 1 atom stereocenters. The maximum atomic E-state index is 5.57. The maximum Gasteiger partial charge on any atom is 0.125 e. The van der Waals surface area contributed by atoms with Crippen LogP contribution < -0.4 is 15.2 Å². The largest absolute Gasteiger partial charge is 0.496 e. The van der Waals surface area contributed by atoms with E-state index < -0.39 is 0 Å². The van der Waals surface area contributed by atoms with Gasteiger partial charge in [-0.2, -0.15) is 0 Å². The summed E-state index contributed by atoms with van der Waals surface area (Å²) in [5.41, 5.74) is 5.88. The van der Waals surface area contributed by atoms with Crippen LogP contribution in [0.25, 0.3) is 11.1 Å². The Morgan fingerprint density at radius 2 is 1.95 bits per heavy atom.